The number of aromatic nitrogens is 3. The van der Waals surface area contributed by atoms with Crippen molar-refractivity contribution in [1.29, 1.82) is 0 Å². The summed E-state index contributed by atoms with van der Waals surface area (Å²) in [6.45, 7) is 4.26. The van der Waals surface area contributed by atoms with Crippen molar-refractivity contribution in [3.63, 3.8) is 0 Å². The summed E-state index contributed by atoms with van der Waals surface area (Å²) in [5.41, 5.74) is 0. The number of hydrogen-bond donors (Lipinski definition) is 2. The van der Waals surface area contributed by atoms with Gasteiger partial charge in [0.1, 0.15) is 12.1 Å². The number of aromatic amines is 1. The molecule has 0 aromatic carbocycles. The molecule has 0 spiro atoms. The number of aryl methyl sites for hydroxylation is 1. The SMILES string of the molecule is CC(C)CCc1ccc(C(=O)C=C(O)c2nc[nH]n2)o1. The van der Waals surface area contributed by atoms with E-state index in [4.69, 9.17) is 4.42 Å². The second kappa shape index (κ2) is 6.18. The van der Waals surface area contributed by atoms with Crippen LogP contribution in [0.3, 0.4) is 0 Å². The molecule has 6 nitrogen and oxygen atoms in total. The molecule has 0 aliphatic carbocycles. The number of carbonyl (C=O) groups excluding carboxylic acids is 1. The van der Waals surface area contributed by atoms with E-state index in [1.165, 1.54) is 6.33 Å². The van der Waals surface area contributed by atoms with E-state index in [1.54, 1.807) is 12.1 Å². The van der Waals surface area contributed by atoms with Crippen molar-refractivity contribution in [2.75, 3.05) is 0 Å². The van der Waals surface area contributed by atoms with Gasteiger partial charge in [-0.3, -0.25) is 9.89 Å². The van der Waals surface area contributed by atoms with Crippen LogP contribution in [-0.2, 0) is 6.42 Å². The molecule has 0 radical (unpaired) electrons. The van der Waals surface area contributed by atoms with Crippen molar-refractivity contribution < 1.29 is 14.3 Å². The minimum Gasteiger partial charge on any atom is -0.504 e. The molecule has 0 bridgehead atoms. The van der Waals surface area contributed by atoms with Crippen molar-refractivity contribution >= 4 is 11.5 Å². The van der Waals surface area contributed by atoms with Gasteiger partial charge in [-0.15, -0.1) is 0 Å². The van der Waals surface area contributed by atoms with Crippen molar-refractivity contribution in [1.82, 2.24) is 15.2 Å². The van der Waals surface area contributed by atoms with Crippen molar-refractivity contribution in [2.45, 2.75) is 26.7 Å². The van der Waals surface area contributed by atoms with Crippen LogP contribution < -0.4 is 0 Å². The number of nitrogens with zero attached hydrogens (tertiary/aromatic N) is 2. The van der Waals surface area contributed by atoms with E-state index in [1.807, 2.05) is 0 Å². The zero-order valence-electron chi connectivity index (χ0n) is 11.5. The molecule has 0 fully saturated rings. The van der Waals surface area contributed by atoms with E-state index in [9.17, 15) is 9.90 Å². The number of rotatable bonds is 6. The Morgan fingerprint density at radius 1 is 1.50 bits per heavy atom. The van der Waals surface area contributed by atoms with E-state index in [0.717, 1.165) is 24.7 Å². The van der Waals surface area contributed by atoms with Gasteiger partial charge in [0, 0.05) is 12.5 Å². The lowest BCUT2D eigenvalue weighted by molar-refractivity contribution is 0.101. The number of aliphatic hydroxyl groups excluding tert-OH is 1. The summed E-state index contributed by atoms with van der Waals surface area (Å²) in [5.74, 6) is 0.914. The molecule has 0 aliphatic rings. The van der Waals surface area contributed by atoms with E-state index in [0.29, 0.717) is 5.92 Å². The van der Waals surface area contributed by atoms with E-state index in [2.05, 4.69) is 29.0 Å². The van der Waals surface area contributed by atoms with Gasteiger partial charge in [-0.05, 0) is 24.5 Å². The van der Waals surface area contributed by atoms with Crippen LogP contribution in [0.1, 0.15) is 42.4 Å². The third-order valence-electron chi connectivity index (χ3n) is 2.78. The number of furan rings is 1. The zero-order chi connectivity index (χ0) is 14.5. The molecule has 0 aliphatic heterocycles. The Balaban J connectivity index is 2.04. The number of H-pyrrole nitrogens is 1. The van der Waals surface area contributed by atoms with Crippen molar-refractivity contribution in [2.24, 2.45) is 5.92 Å². The molecular formula is C14H17N3O3. The van der Waals surface area contributed by atoms with Crippen LogP contribution in [0, 0.1) is 5.92 Å². The van der Waals surface area contributed by atoms with Crippen LogP contribution in [0.25, 0.3) is 5.76 Å². The van der Waals surface area contributed by atoms with Crippen molar-refractivity contribution in [3.8, 4) is 0 Å². The number of ketones is 1. The van der Waals surface area contributed by atoms with E-state index >= 15 is 0 Å². The molecule has 0 saturated carbocycles. The Bertz CT molecular complexity index is 597. The first-order chi connectivity index (χ1) is 9.56. The third kappa shape index (κ3) is 3.57. The van der Waals surface area contributed by atoms with Crippen molar-refractivity contribution in [3.05, 3.63) is 41.9 Å². The zero-order valence-corrected chi connectivity index (χ0v) is 11.5. The Labute approximate surface area is 116 Å². The largest absolute Gasteiger partial charge is 0.504 e. The predicted octanol–water partition coefficient (Wildman–Crippen LogP) is 2.77. The minimum atomic E-state index is -0.414. The van der Waals surface area contributed by atoms with Crippen LogP contribution in [0.15, 0.2) is 29.0 Å². The van der Waals surface area contributed by atoms with Gasteiger partial charge < -0.3 is 9.52 Å². The second-order valence-electron chi connectivity index (χ2n) is 4.92. The van der Waals surface area contributed by atoms with Crippen LogP contribution in [-0.4, -0.2) is 26.1 Å². The van der Waals surface area contributed by atoms with Crippen LogP contribution in [0.5, 0.6) is 0 Å². The van der Waals surface area contributed by atoms with Crippen LogP contribution in [0.4, 0.5) is 0 Å². The molecule has 2 heterocycles. The van der Waals surface area contributed by atoms with Gasteiger partial charge in [-0.25, -0.2) is 4.98 Å². The summed E-state index contributed by atoms with van der Waals surface area (Å²) in [4.78, 5) is 15.7. The number of aliphatic hydroxyl groups is 1. The lowest BCUT2D eigenvalue weighted by atomic mass is 10.1. The molecule has 2 aromatic heterocycles. The smallest absolute Gasteiger partial charge is 0.224 e. The van der Waals surface area contributed by atoms with E-state index < -0.39 is 5.78 Å². The molecule has 0 saturated heterocycles. The third-order valence-corrected chi connectivity index (χ3v) is 2.78. The Morgan fingerprint density at radius 2 is 2.30 bits per heavy atom. The molecule has 2 N–H and O–H groups in total. The molecule has 0 amide bonds. The van der Waals surface area contributed by atoms with Crippen LogP contribution in [0.2, 0.25) is 0 Å². The molecule has 20 heavy (non-hydrogen) atoms. The fourth-order valence-electron chi connectivity index (χ4n) is 1.67. The minimum absolute atomic E-state index is 0.0740. The number of allylic oxidation sites excluding steroid dienone is 1. The standard InChI is InChI=1S/C14H17N3O3/c1-9(2)3-4-10-5-6-13(20-10)11(18)7-12(19)14-15-8-16-17-14/h5-9,19H,3-4H2,1-2H3,(H,15,16,17). The summed E-state index contributed by atoms with van der Waals surface area (Å²) < 4.78 is 5.46. The predicted molar refractivity (Wildman–Crippen MR) is 73.2 cm³/mol. The van der Waals surface area contributed by atoms with Gasteiger partial charge in [0.05, 0.1) is 0 Å². The molecular weight excluding hydrogens is 258 g/mol. The fraction of sp³-hybridized carbons (Fsp3) is 0.357. The maximum atomic E-state index is 11.9. The van der Waals surface area contributed by atoms with Gasteiger partial charge >= 0.3 is 0 Å². The van der Waals surface area contributed by atoms with Gasteiger partial charge in [0.2, 0.25) is 11.6 Å². The Morgan fingerprint density at radius 3 is 2.95 bits per heavy atom. The number of carbonyl (C=O) groups is 1. The van der Waals surface area contributed by atoms with Crippen LogP contribution >= 0.6 is 0 Å². The number of nitrogens with one attached hydrogen (secondary N) is 1. The highest BCUT2D eigenvalue weighted by Gasteiger charge is 2.12. The van der Waals surface area contributed by atoms with Gasteiger partial charge in [-0.1, -0.05) is 13.8 Å². The average molecular weight is 275 g/mol. The number of hydrogen-bond acceptors (Lipinski definition) is 5. The summed E-state index contributed by atoms with van der Waals surface area (Å²) in [6.07, 6.45) is 4.16. The van der Waals surface area contributed by atoms with Gasteiger partial charge in [0.25, 0.3) is 0 Å². The fourth-order valence-corrected chi connectivity index (χ4v) is 1.67. The Hall–Kier alpha value is -2.37. The summed E-state index contributed by atoms with van der Waals surface area (Å²) in [5, 5.41) is 15.8. The molecule has 106 valence electrons. The van der Waals surface area contributed by atoms with Gasteiger partial charge in [0.15, 0.2) is 11.5 Å². The molecule has 6 heteroatoms. The molecule has 2 aromatic rings. The second-order valence-corrected chi connectivity index (χ2v) is 4.92. The normalized spacial score (nSPS) is 12.1. The quantitative estimate of drug-likeness (QED) is 0.480. The first-order valence-corrected chi connectivity index (χ1v) is 6.46. The summed E-state index contributed by atoms with van der Waals surface area (Å²) in [7, 11) is 0. The topological polar surface area (TPSA) is 92.0 Å². The highest BCUT2D eigenvalue weighted by molar-refractivity contribution is 6.05. The summed E-state index contributed by atoms with van der Waals surface area (Å²) in [6, 6.07) is 3.40. The molecule has 0 atom stereocenters. The molecule has 2 rings (SSSR count). The monoisotopic (exact) mass is 275 g/mol. The highest BCUT2D eigenvalue weighted by atomic mass is 16.3. The lowest BCUT2D eigenvalue weighted by Crippen LogP contribution is -1.96. The van der Waals surface area contributed by atoms with E-state index in [-0.39, 0.29) is 17.3 Å². The highest BCUT2D eigenvalue weighted by Crippen LogP contribution is 2.15. The Kier molecular flexibility index (Phi) is 4.34. The summed E-state index contributed by atoms with van der Waals surface area (Å²) >= 11 is 0. The average Bonchev–Trinajstić information content (AvgIpc) is 3.07. The maximum Gasteiger partial charge on any atom is 0.224 e. The van der Waals surface area contributed by atoms with Gasteiger partial charge in [-0.2, -0.15) is 5.10 Å². The maximum absolute atomic E-state index is 11.9. The lowest BCUT2D eigenvalue weighted by Gasteiger charge is -2.00. The molecule has 0 unspecified atom stereocenters. The first-order valence-electron chi connectivity index (χ1n) is 6.46. The first kappa shape index (κ1) is 14.0.